The third-order valence-corrected chi connectivity index (χ3v) is 2.10. The van der Waals surface area contributed by atoms with Gasteiger partial charge in [0.05, 0.1) is 0 Å². The van der Waals surface area contributed by atoms with Gasteiger partial charge in [-0.3, -0.25) is 0 Å². The van der Waals surface area contributed by atoms with Gasteiger partial charge in [0, 0.05) is 17.6 Å². The molecule has 0 aliphatic rings. The van der Waals surface area contributed by atoms with Crippen LogP contribution in [0.3, 0.4) is 0 Å². The quantitative estimate of drug-likeness (QED) is 0.515. The second-order valence-electron chi connectivity index (χ2n) is 1.51. The van der Waals surface area contributed by atoms with E-state index in [1.807, 2.05) is 5.38 Å². The fraction of sp³-hybridized carbons (Fsp3) is 0.200. The van der Waals surface area contributed by atoms with E-state index in [0.717, 1.165) is 5.56 Å². The summed E-state index contributed by atoms with van der Waals surface area (Å²) in [6.45, 7) is 0. The molecule has 0 saturated heterocycles. The zero-order chi connectivity index (χ0) is 6.69. The van der Waals surface area contributed by atoms with E-state index in [-0.39, 0.29) is 0 Å². The summed E-state index contributed by atoms with van der Waals surface area (Å²) >= 11 is 1.94. The van der Waals surface area contributed by atoms with Crippen molar-refractivity contribution in [1.29, 1.82) is 0 Å². The maximum atomic E-state index is 8.94. The molecule has 2 N–H and O–H groups in total. The molecule has 1 rings (SSSR count). The first-order valence-corrected chi connectivity index (χ1v) is 4.13. The summed E-state index contributed by atoms with van der Waals surface area (Å²) in [6, 6.07) is 1.78. The van der Waals surface area contributed by atoms with Crippen molar-refractivity contribution in [3.63, 3.8) is 0 Å². The molecule has 0 bridgehead atoms. The Labute approximate surface area is 61.4 Å². The average molecular weight is 162 g/mol. The van der Waals surface area contributed by atoms with Crippen molar-refractivity contribution < 1.29 is 9.66 Å². The molecule has 0 aliphatic carbocycles. The Hall–Kier alpha value is -0.0300. The van der Waals surface area contributed by atoms with E-state index < -0.39 is 5.44 Å². The summed E-state index contributed by atoms with van der Waals surface area (Å²) in [4.78, 5) is 0. The first-order chi connectivity index (χ1) is 4.34. The van der Waals surface area contributed by atoms with Crippen molar-refractivity contribution in [2.24, 2.45) is 0 Å². The van der Waals surface area contributed by atoms with Crippen molar-refractivity contribution in [2.75, 3.05) is 0 Å². The zero-order valence-corrected chi connectivity index (χ0v) is 6.15. The number of aliphatic hydroxyl groups excluding tert-OH is 1. The van der Waals surface area contributed by atoms with Gasteiger partial charge in [0.15, 0.2) is 5.44 Å². The molecule has 9 heavy (non-hydrogen) atoms. The van der Waals surface area contributed by atoms with E-state index in [9.17, 15) is 0 Å². The van der Waals surface area contributed by atoms with Crippen LogP contribution in [-0.2, 0) is 0 Å². The zero-order valence-electron chi connectivity index (χ0n) is 4.52. The number of hydrogen-bond donors (Lipinski definition) is 2. The highest BCUT2D eigenvalue weighted by Gasteiger charge is 2.04. The summed E-state index contributed by atoms with van der Waals surface area (Å²) in [5.74, 6) is 0. The number of thiophene rings is 1. The lowest BCUT2D eigenvalue weighted by Crippen LogP contribution is -1.85. The Morgan fingerprint density at radius 2 is 2.44 bits per heavy atom. The third-order valence-electron chi connectivity index (χ3n) is 0.928. The molecule has 50 valence electrons. The third kappa shape index (κ3) is 1.69. The molecule has 4 heteroatoms. The second kappa shape index (κ2) is 3.22. The van der Waals surface area contributed by atoms with Crippen molar-refractivity contribution in [3.05, 3.63) is 22.4 Å². The molecule has 0 aromatic carbocycles. The van der Waals surface area contributed by atoms with Crippen LogP contribution in [0.1, 0.15) is 11.0 Å². The smallest absolute Gasteiger partial charge is 0.151 e. The van der Waals surface area contributed by atoms with Crippen LogP contribution in [-0.4, -0.2) is 9.66 Å². The molecule has 2 nitrogen and oxygen atoms in total. The van der Waals surface area contributed by atoms with Gasteiger partial charge >= 0.3 is 0 Å². The van der Waals surface area contributed by atoms with Crippen LogP contribution in [0.5, 0.6) is 0 Å². The van der Waals surface area contributed by atoms with E-state index in [0.29, 0.717) is 12.0 Å². The minimum atomic E-state index is -0.781. The van der Waals surface area contributed by atoms with E-state index in [1.54, 1.807) is 11.4 Å². The molecular weight excluding hydrogens is 156 g/mol. The van der Waals surface area contributed by atoms with Gasteiger partial charge in [-0.25, -0.2) is 0 Å². The SMILES string of the molecule is OSC(O)c1ccsc1. The van der Waals surface area contributed by atoms with E-state index >= 15 is 0 Å². The minimum Gasteiger partial charge on any atom is -0.376 e. The van der Waals surface area contributed by atoms with Crippen LogP contribution >= 0.6 is 23.4 Å². The van der Waals surface area contributed by atoms with Crippen LogP contribution in [0, 0.1) is 0 Å². The van der Waals surface area contributed by atoms with Crippen LogP contribution in [0.2, 0.25) is 0 Å². The van der Waals surface area contributed by atoms with Crippen LogP contribution in [0.4, 0.5) is 0 Å². The molecule has 1 atom stereocenters. The van der Waals surface area contributed by atoms with Crippen molar-refractivity contribution in [2.45, 2.75) is 5.44 Å². The molecule has 0 fully saturated rings. The molecule has 1 unspecified atom stereocenters. The topological polar surface area (TPSA) is 40.5 Å². The highest BCUT2D eigenvalue weighted by molar-refractivity contribution is 7.93. The maximum absolute atomic E-state index is 8.94. The average Bonchev–Trinajstić information content (AvgIpc) is 2.37. The van der Waals surface area contributed by atoms with E-state index in [2.05, 4.69) is 0 Å². The van der Waals surface area contributed by atoms with Gasteiger partial charge in [-0.2, -0.15) is 11.3 Å². The predicted octanol–water partition coefficient (Wildman–Crippen LogP) is 1.95. The lowest BCUT2D eigenvalue weighted by Gasteiger charge is -1.99. The van der Waals surface area contributed by atoms with E-state index in [4.69, 9.17) is 9.66 Å². The van der Waals surface area contributed by atoms with Gasteiger partial charge in [-0.05, 0) is 16.8 Å². The summed E-state index contributed by atoms with van der Waals surface area (Å²) in [5, 5.41) is 12.6. The maximum Gasteiger partial charge on any atom is 0.151 e. The summed E-state index contributed by atoms with van der Waals surface area (Å²) in [6.07, 6.45) is 0. The Bertz CT molecular complexity index is 161. The number of rotatable bonds is 2. The highest BCUT2D eigenvalue weighted by atomic mass is 32.2. The molecule has 1 aromatic heterocycles. The van der Waals surface area contributed by atoms with Gasteiger partial charge in [-0.15, -0.1) is 0 Å². The summed E-state index contributed by atoms with van der Waals surface area (Å²) in [5.41, 5.74) is -0.0243. The second-order valence-corrected chi connectivity index (χ2v) is 2.95. The van der Waals surface area contributed by atoms with Gasteiger partial charge in [-0.1, -0.05) is 0 Å². The lowest BCUT2D eigenvalue weighted by molar-refractivity contribution is 0.263. The Kier molecular flexibility index (Phi) is 2.53. The normalized spacial score (nSPS) is 13.6. The fourth-order valence-corrected chi connectivity index (χ4v) is 1.51. The lowest BCUT2D eigenvalue weighted by atomic mass is 10.4. The molecule has 0 saturated carbocycles. The van der Waals surface area contributed by atoms with Gasteiger partial charge < -0.3 is 9.66 Å². The molecular formula is C5H6O2S2. The van der Waals surface area contributed by atoms with Gasteiger partial charge in [0.2, 0.25) is 0 Å². The predicted molar refractivity (Wildman–Crippen MR) is 39.5 cm³/mol. The minimum absolute atomic E-state index is 0.445. The van der Waals surface area contributed by atoms with Gasteiger partial charge in [0.1, 0.15) is 0 Å². The summed E-state index contributed by atoms with van der Waals surface area (Å²) in [7, 11) is 0. The molecule has 0 radical (unpaired) electrons. The van der Waals surface area contributed by atoms with Crippen LogP contribution in [0.15, 0.2) is 16.8 Å². The molecule has 1 aromatic rings. The monoisotopic (exact) mass is 162 g/mol. The number of hydrogen-bond acceptors (Lipinski definition) is 4. The van der Waals surface area contributed by atoms with E-state index in [1.165, 1.54) is 11.3 Å². The Morgan fingerprint density at radius 3 is 2.89 bits per heavy atom. The van der Waals surface area contributed by atoms with Gasteiger partial charge in [0.25, 0.3) is 0 Å². The summed E-state index contributed by atoms with van der Waals surface area (Å²) < 4.78 is 8.38. The molecule has 0 amide bonds. The molecule has 0 aliphatic heterocycles. The highest BCUT2D eigenvalue weighted by Crippen LogP contribution is 2.24. The largest absolute Gasteiger partial charge is 0.376 e. The van der Waals surface area contributed by atoms with Crippen LogP contribution < -0.4 is 0 Å². The molecule has 1 heterocycles. The fourth-order valence-electron chi connectivity index (χ4n) is 0.476. The van der Waals surface area contributed by atoms with Crippen molar-refractivity contribution in [1.82, 2.24) is 0 Å². The number of aliphatic hydroxyl groups is 1. The van der Waals surface area contributed by atoms with Crippen molar-refractivity contribution >= 4 is 23.4 Å². The van der Waals surface area contributed by atoms with Crippen LogP contribution in [0.25, 0.3) is 0 Å². The Balaban J connectivity index is 2.65. The Morgan fingerprint density at radius 1 is 1.67 bits per heavy atom. The first-order valence-electron chi connectivity index (χ1n) is 2.35. The first kappa shape index (κ1) is 7.08. The standard InChI is InChI=1S/C5H6O2S2/c6-5(9-7)4-1-2-8-3-4/h1-3,5-7H. The van der Waals surface area contributed by atoms with Crippen molar-refractivity contribution in [3.8, 4) is 0 Å². The molecule has 0 spiro atoms.